The van der Waals surface area contributed by atoms with Crippen LogP contribution in [0.15, 0.2) is 0 Å². The third kappa shape index (κ3) is 9.16. The molecule has 2 nitrogen and oxygen atoms in total. The lowest BCUT2D eigenvalue weighted by molar-refractivity contribution is -0.137. The minimum Gasteiger partial charge on any atom is -0.481 e. The number of aliphatic carboxylic acids is 1. The summed E-state index contributed by atoms with van der Waals surface area (Å²) in [5.74, 6) is 2.22. The Kier molecular flexibility index (Phi) is 9.78. The molecule has 0 bridgehead atoms. The highest BCUT2D eigenvalue weighted by Gasteiger charge is 2.39. The van der Waals surface area contributed by atoms with Crippen LogP contribution in [0, 0.1) is 17.8 Å². The first kappa shape index (κ1) is 18.5. The van der Waals surface area contributed by atoms with Gasteiger partial charge in [0, 0.05) is 6.42 Å². The van der Waals surface area contributed by atoms with Crippen molar-refractivity contribution in [2.75, 3.05) is 0 Å². The molecule has 3 atom stereocenters. The zero-order chi connectivity index (χ0) is 15.5. The summed E-state index contributed by atoms with van der Waals surface area (Å²) >= 11 is 0. The predicted octanol–water partition coefficient (Wildman–Crippen LogP) is 6.04. The third-order valence-electron chi connectivity index (χ3n) is 5.19. The zero-order valence-corrected chi connectivity index (χ0v) is 14.3. The monoisotopic (exact) mass is 296 g/mol. The van der Waals surface area contributed by atoms with E-state index in [1.807, 2.05) is 0 Å². The van der Waals surface area contributed by atoms with Crippen LogP contribution in [0.2, 0.25) is 0 Å². The SMILES string of the molecule is CCCCCCCC[C@H]1C[C@H]1C(C)CCCCCC(=O)O. The van der Waals surface area contributed by atoms with Gasteiger partial charge in [-0.05, 0) is 30.6 Å². The minimum atomic E-state index is -0.649. The average Bonchev–Trinajstić information content (AvgIpc) is 3.21. The molecule has 0 aliphatic heterocycles. The topological polar surface area (TPSA) is 37.3 Å². The summed E-state index contributed by atoms with van der Waals surface area (Å²) in [4.78, 5) is 10.4. The normalized spacial score (nSPS) is 22.2. The summed E-state index contributed by atoms with van der Waals surface area (Å²) < 4.78 is 0. The largest absolute Gasteiger partial charge is 0.481 e. The summed E-state index contributed by atoms with van der Waals surface area (Å²) in [7, 11) is 0. The van der Waals surface area contributed by atoms with E-state index in [1.165, 1.54) is 64.2 Å². The van der Waals surface area contributed by atoms with Crippen molar-refractivity contribution in [2.24, 2.45) is 17.8 Å². The van der Waals surface area contributed by atoms with Gasteiger partial charge >= 0.3 is 5.97 Å². The molecule has 0 radical (unpaired) electrons. The van der Waals surface area contributed by atoms with Crippen molar-refractivity contribution in [2.45, 2.75) is 97.3 Å². The van der Waals surface area contributed by atoms with Crippen LogP contribution < -0.4 is 0 Å². The van der Waals surface area contributed by atoms with E-state index in [9.17, 15) is 4.79 Å². The van der Waals surface area contributed by atoms with Gasteiger partial charge in [-0.25, -0.2) is 0 Å². The Balaban J connectivity index is 1.90. The lowest BCUT2D eigenvalue weighted by atomic mass is 9.95. The molecule has 21 heavy (non-hydrogen) atoms. The van der Waals surface area contributed by atoms with Crippen molar-refractivity contribution < 1.29 is 9.90 Å². The van der Waals surface area contributed by atoms with E-state index in [-0.39, 0.29) is 0 Å². The van der Waals surface area contributed by atoms with Gasteiger partial charge in [-0.3, -0.25) is 4.79 Å². The molecule has 1 fully saturated rings. The van der Waals surface area contributed by atoms with E-state index < -0.39 is 5.97 Å². The first-order valence-electron chi connectivity index (χ1n) is 9.37. The Morgan fingerprint density at radius 1 is 1.05 bits per heavy atom. The van der Waals surface area contributed by atoms with E-state index in [4.69, 9.17) is 5.11 Å². The second kappa shape index (κ2) is 11.1. The van der Waals surface area contributed by atoms with Gasteiger partial charge in [-0.15, -0.1) is 0 Å². The molecule has 1 rings (SSSR count). The zero-order valence-electron chi connectivity index (χ0n) is 14.3. The average molecular weight is 296 g/mol. The van der Waals surface area contributed by atoms with Crippen LogP contribution in [-0.4, -0.2) is 11.1 Å². The molecular weight excluding hydrogens is 260 g/mol. The highest BCUT2D eigenvalue weighted by molar-refractivity contribution is 5.66. The Morgan fingerprint density at radius 3 is 2.43 bits per heavy atom. The van der Waals surface area contributed by atoms with E-state index >= 15 is 0 Å². The molecule has 0 spiro atoms. The summed E-state index contributed by atoms with van der Waals surface area (Å²) in [6.45, 7) is 4.68. The van der Waals surface area contributed by atoms with Crippen molar-refractivity contribution in [1.29, 1.82) is 0 Å². The van der Waals surface area contributed by atoms with Gasteiger partial charge in [-0.1, -0.05) is 78.1 Å². The molecule has 2 heteroatoms. The summed E-state index contributed by atoms with van der Waals surface area (Å²) in [6, 6.07) is 0. The van der Waals surface area contributed by atoms with E-state index in [1.54, 1.807) is 0 Å². The van der Waals surface area contributed by atoms with Crippen LogP contribution in [-0.2, 0) is 4.79 Å². The van der Waals surface area contributed by atoms with Gasteiger partial charge in [0.15, 0.2) is 0 Å². The first-order valence-corrected chi connectivity index (χ1v) is 9.37. The Labute approximate surface area is 131 Å². The Bertz CT molecular complexity index is 275. The van der Waals surface area contributed by atoms with Crippen LogP contribution in [0.25, 0.3) is 0 Å². The maximum absolute atomic E-state index is 10.4. The molecule has 1 saturated carbocycles. The lowest BCUT2D eigenvalue weighted by Crippen LogP contribution is -2.00. The number of unbranched alkanes of at least 4 members (excludes halogenated alkanes) is 7. The molecule has 0 heterocycles. The standard InChI is InChI=1S/C19H36O2/c1-3-4-5-6-7-10-13-17-15-18(17)16(2)12-9-8-11-14-19(20)21/h16-18H,3-15H2,1-2H3,(H,20,21)/t16?,17-,18-/m0/s1. The maximum atomic E-state index is 10.4. The highest BCUT2D eigenvalue weighted by Crippen LogP contribution is 2.48. The fraction of sp³-hybridized carbons (Fsp3) is 0.947. The van der Waals surface area contributed by atoms with Crippen molar-refractivity contribution >= 4 is 5.97 Å². The quantitative estimate of drug-likeness (QED) is 0.396. The number of carboxylic acids is 1. The summed E-state index contributed by atoms with van der Waals surface area (Å²) in [5.41, 5.74) is 0. The Hall–Kier alpha value is -0.530. The molecule has 0 saturated heterocycles. The van der Waals surface area contributed by atoms with Crippen molar-refractivity contribution in [3.05, 3.63) is 0 Å². The minimum absolute atomic E-state index is 0.346. The smallest absolute Gasteiger partial charge is 0.303 e. The number of rotatable bonds is 14. The van der Waals surface area contributed by atoms with Crippen molar-refractivity contribution in [3.63, 3.8) is 0 Å². The van der Waals surface area contributed by atoms with Crippen LogP contribution >= 0.6 is 0 Å². The molecular formula is C19H36O2. The summed E-state index contributed by atoms with van der Waals surface area (Å²) in [6.07, 6.45) is 16.2. The number of hydrogen-bond acceptors (Lipinski definition) is 1. The van der Waals surface area contributed by atoms with Gasteiger partial charge in [0.25, 0.3) is 0 Å². The Morgan fingerprint density at radius 2 is 1.71 bits per heavy atom. The second-order valence-corrected chi connectivity index (χ2v) is 7.19. The number of carboxylic acid groups (broad SMARTS) is 1. The van der Waals surface area contributed by atoms with Crippen molar-refractivity contribution in [1.82, 2.24) is 0 Å². The number of hydrogen-bond donors (Lipinski definition) is 1. The van der Waals surface area contributed by atoms with Gasteiger partial charge < -0.3 is 5.11 Å². The van der Waals surface area contributed by atoms with Crippen LogP contribution in [0.5, 0.6) is 0 Å². The molecule has 0 aromatic heterocycles. The maximum Gasteiger partial charge on any atom is 0.303 e. The second-order valence-electron chi connectivity index (χ2n) is 7.19. The van der Waals surface area contributed by atoms with Gasteiger partial charge in [-0.2, -0.15) is 0 Å². The van der Waals surface area contributed by atoms with E-state index in [0.29, 0.717) is 6.42 Å². The molecule has 0 amide bonds. The van der Waals surface area contributed by atoms with Crippen LogP contribution in [0.4, 0.5) is 0 Å². The molecule has 1 aliphatic carbocycles. The highest BCUT2D eigenvalue weighted by atomic mass is 16.4. The van der Waals surface area contributed by atoms with Crippen LogP contribution in [0.3, 0.4) is 0 Å². The molecule has 0 aromatic carbocycles. The molecule has 0 aromatic rings. The van der Waals surface area contributed by atoms with Crippen LogP contribution in [0.1, 0.15) is 97.3 Å². The lowest BCUT2D eigenvalue weighted by Gasteiger charge is -2.10. The predicted molar refractivity (Wildman–Crippen MR) is 89.5 cm³/mol. The van der Waals surface area contributed by atoms with Crippen molar-refractivity contribution in [3.8, 4) is 0 Å². The van der Waals surface area contributed by atoms with E-state index in [2.05, 4.69) is 13.8 Å². The molecule has 1 N–H and O–H groups in total. The third-order valence-corrected chi connectivity index (χ3v) is 5.19. The first-order chi connectivity index (χ1) is 10.1. The van der Waals surface area contributed by atoms with Gasteiger partial charge in [0.2, 0.25) is 0 Å². The van der Waals surface area contributed by atoms with Gasteiger partial charge in [0.05, 0.1) is 0 Å². The summed E-state index contributed by atoms with van der Waals surface area (Å²) in [5, 5.41) is 8.61. The number of carbonyl (C=O) groups is 1. The van der Waals surface area contributed by atoms with Gasteiger partial charge in [0.1, 0.15) is 0 Å². The molecule has 124 valence electrons. The van der Waals surface area contributed by atoms with E-state index in [0.717, 1.165) is 30.6 Å². The molecule has 1 unspecified atom stereocenters. The fourth-order valence-electron chi connectivity index (χ4n) is 3.62. The fourth-order valence-corrected chi connectivity index (χ4v) is 3.62. The molecule has 1 aliphatic rings.